The highest BCUT2D eigenvalue weighted by molar-refractivity contribution is 5.79. The molecule has 0 aliphatic carbocycles. The average molecular weight is 333 g/mol. The normalized spacial score (nSPS) is 20.0. The molecule has 0 spiro atoms. The van der Waals surface area contributed by atoms with E-state index in [1.165, 1.54) is 0 Å². The van der Waals surface area contributed by atoms with Crippen molar-refractivity contribution in [2.75, 3.05) is 50.6 Å². The van der Waals surface area contributed by atoms with Crippen molar-refractivity contribution >= 4 is 17.5 Å². The Hall–Kier alpha value is -1.89. The summed E-state index contributed by atoms with van der Waals surface area (Å²) >= 11 is 0. The average Bonchev–Trinajstić information content (AvgIpc) is 2.63. The van der Waals surface area contributed by atoms with Crippen molar-refractivity contribution in [2.45, 2.75) is 31.7 Å². The number of anilines is 2. The highest BCUT2D eigenvalue weighted by Crippen LogP contribution is 2.22. The lowest BCUT2D eigenvalue weighted by molar-refractivity contribution is -0.139. The van der Waals surface area contributed by atoms with Gasteiger partial charge in [-0.1, -0.05) is 0 Å². The van der Waals surface area contributed by atoms with E-state index >= 15 is 0 Å². The Morgan fingerprint density at radius 3 is 2.58 bits per heavy atom. The van der Waals surface area contributed by atoms with Gasteiger partial charge in [0.25, 0.3) is 0 Å². The van der Waals surface area contributed by atoms with E-state index in [0.717, 1.165) is 63.6 Å². The minimum absolute atomic E-state index is 0.160. The number of nitrogens with zero attached hydrogens (tertiary/aromatic N) is 4. The minimum atomic E-state index is 0.160. The van der Waals surface area contributed by atoms with Crippen LogP contribution in [0.15, 0.2) is 12.4 Å². The third-order valence-electron chi connectivity index (χ3n) is 4.84. The molecule has 2 aliphatic rings. The number of carbonyl (C=O) groups excluding carboxylic acids is 1. The first kappa shape index (κ1) is 17.0. The molecule has 0 saturated carbocycles. The smallest absolute Gasteiger partial charge is 0.225 e. The fourth-order valence-electron chi connectivity index (χ4n) is 3.33. The number of hydrogen-bond acceptors (Lipinski definition) is 6. The third-order valence-corrected chi connectivity index (χ3v) is 4.84. The number of carbonyl (C=O) groups is 1. The number of ether oxygens (including phenoxy) is 1. The summed E-state index contributed by atoms with van der Waals surface area (Å²) in [5.41, 5.74) is 0. The zero-order valence-corrected chi connectivity index (χ0v) is 14.6. The monoisotopic (exact) mass is 333 g/mol. The molecule has 1 amide bonds. The van der Waals surface area contributed by atoms with Crippen molar-refractivity contribution in [3.05, 3.63) is 12.4 Å². The summed E-state index contributed by atoms with van der Waals surface area (Å²) in [6.07, 6.45) is 5.23. The van der Waals surface area contributed by atoms with Gasteiger partial charge >= 0.3 is 0 Å². The van der Waals surface area contributed by atoms with Gasteiger partial charge in [-0.3, -0.25) is 4.79 Å². The lowest BCUT2D eigenvalue weighted by atomic mass is 9.96. The molecule has 2 aliphatic heterocycles. The van der Waals surface area contributed by atoms with Gasteiger partial charge in [-0.15, -0.1) is 0 Å². The maximum absolute atomic E-state index is 12.6. The van der Waals surface area contributed by atoms with Crippen LogP contribution in [0.4, 0.5) is 11.6 Å². The van der Waals surface area contributed by atoms with Crippen molar-refractivity contribution in [2.24, 2.45) is 5.92 Å². The Labute approximate surface area is 143 Å². The van der Waals surface area contributed by atoms with E-state index in [1.54, 1.807) is 6.33 Å². The SMILES string of the molecule is CN(C)c1cc(NC2CCN(C(=O)C3CCOCC3)CC2)ncn1. The van der Waals surface area contributed by atoms with Gasteiger partial charge in [0.2, 0.25) is 5.91 Å². The maximum Gasteiger partial charge on any atom is 0.225 e. The van der Waals surface area contributed by atoms with Gasteiger partial charge in [-0.25, -0.2) is 9.97 Å². The van der Waals surface area contributed by atoms with Gasteiger partial charge in [0, 0.05) is 58.4 Å². The predicted octanol–water partition coefficient (Wildman–Crippen LogP) is 1.37. The first-order valence-corrected chi connectivity index (χ1v) is 8.76. The molecule has 3 heterocycles. The number of rotatable bonds is 4. The topological polar surface area (TPSA) is 70.6 Å². The summed E-state index contributed by atoms with van der Waals surface area (Å²) in [5, 5.41) is 3.48. The second kappa shape index (κ2) is 7.79. The van der Waals surface area contributed by atoms with Gasteiger partial charge < -0.3 is 19.9 Å². The van der Waals surface area contributed by atoms with Crippen LogP contribution in [-0.2, 0) is 9.53 Å². The Bertz CT molecular complexity index is 552. The van der Waals surface area contributed by atoms with E-state index in [9.17, 15) is 4.79 Å². The summed E-state index contributed by atoms with van der Waals surface area (Å²) in [7, 11) is 3.93. The van der Waals surface area contributed by atoms with Crippen LogP contribution in [0.3, 0.4) is 0 Å². The standard InChI is InChI=1S/C17H27N5O2/c1-21(2)16-11-15(18-12-19-16)20-14-3-7-22(8-4-14)17(23)13-5-9-24-10-6-13/h11-14H,3-10H2,1-2H3,(H,18,19,20). The lowest BCUT2D eigenvalue weighted by Crippen LogP contribution is -2.45. The van der Waals surface area contributed by atoms with Gasteiger partial charge in [0.05, 0.1) is 0 Å². The largest absolute Gasteiger partial charge is 0.381 e. The first-order valence-electron chi connectivity index (χ1n) is 8.76. The highest BCUT2D eigenvalue weighted by Gasteiger charge is 2.29. The number of aromatic nitrogens is 2. The molecule has 0 bridgehead atoms. The van der Waals surface area contributed by atoms with E-state index in [0.29, 0.717) is 11.9 Å². The van der Waals surface area contributed by atoms with Crippen molar-refractivity contribution in [3.8, 4) is 0 Å². The zero-order valence-electron chi connectivity index (χ0n) is 14.6. The number of nitrogens with one attached hydrogen (secondary N) is 1. The van der Waals surface area contributed by atoms with Crippen molar-refractivity contribution < 1.29 is 9.53 Å². The van der Waals surface area contributed by atoms with Crippen molar-refractivity contribution in [1.82, 2.24) is 14.9 Å². The molecule has 0 unspecified atom stereocenters. The highest BCUT2D eigenvalue weighted by atomic mass is 16.5. The summed E-state index contributed by atoms with van der Waals surface area (Å²) in [6.45, 7) is 3.08. The van der Waals surface area contributed by atoms with Crippen molar-refractivity contribution in [3.63, 3.8) is 0 Å². The predicted molar refractivity (Wildman–Crippen MR) is 93.1 cm³/mol. The number of likely N-dealkylation sites (tertiary alicyclic amines) is 1. The molecule has 0 radical (unpaired) electrons. The Balaban J connectivity index is 1.50. The first-order chi connectivity index (χ1) is 11.6. The molecule has 1 aromatic heterocycles. The zero-order chi connectivity index (χ0) is 16.9. The van der Waals surface area contributed by atoms with Gasteiger partial charge in [0.15, 0.2) is 0 Å². The van der Waals surface area contributed by atoms with E-state index < -0.39 is 0 Å². The molecule has 24 heavy (non-hydrogen) atoms. The van der Waals surface area contributed by atoms with Crippen LogP contribution < -0.4 is 10.2 Å². The van der Waals surface area contributed by atoms with E-state index in [4.69, 9.17) is 4.74 Å². The van der Waals surface area contributed by atoms with Gasteiger partial charge in [-0.05, 0) is 25.7 Å². The molecule has 132 valence electrons. The van der Waals surface area contributed by atoms with Gasteiger partial charge in [0.1, 0.15) is 18.0 Å². The molecule has 1 N–H and O–H groups in total. The van der Waals surface area contributed by atoms with E-state index in [2.05, 4.69) is 15.3 Å². The summed E-state index contributed by atoms with van der Waals surface area (Å²) in [5.74, 6) is 2.21. The Kier molecular flexibility index (Phi) is 5.50. The number of piperidine rings is 1. The minimum Gasteiger partial charge on any atom is -0.381 e. The number of amides is 1. The summed E-state index contributed by atoms with van der Waals surface area (Å²) in [6, 6.07) is 2.31. The third kappa shape index (κ3) is 4.14. The summed E-state index contributed by atoms with van der Waals surface area (Å²) in [4.78, 5) is 25.1. The second-order valence-corrected chi connectivity index (χ2v) is 6.79. The molecular formula is C17H27N5O2. The fourth-order valence-corrected chi connectivity index (χ4v) is 3.33. The van der Waals surface area contributed by atoms with E-state index in [-0.39, 0.29) is 5.92 Å². The van der Waals surface area contributed by atoms with Crippen LogP contribution in [0.25, 0.3) is 0 Å². The van der Waals surface area contributed by atoms with E-state index in [1.807, 2.05) is 30.0 Å². The van der Waals surface area contributed by atoms with Crippen LogP contribution in [0.2, 0.25) is 0 Å². The van der Waals surface area contributed by atoms with Crippen LogP contribution in [0.5, 0.6) is 0 Å². The van der Waals surface area contributed by atoms with Gasteiger partial charge in [-0.2, -0.15) is 0 Å². The Morgan fingerprint density at radius 1 is 1.21 bits per heavy atom. The molecule has 0 aromatic carbocycles. The lowest BCUT2D eigenvalue weighted by Gasteiger charge is -2.35. The molecule has 7 nitrogen and oxygen atoms in total. The molecule has 1 aromatic rings. The fraction of sp³-hybridized carbons (Fsp3) is 0.706. The quantitative estimate of drug-likeness (QED) is 0.897. The summed E-state index contributed by atoms with van der Waals surface area (Å²) < 4.78 is 5.35. The molecule has 3 rings (SSSR count). The molecule has 2 fully saturated rings. The van der Waals surface area contributed by atoms with Crippen LogP contribution >= 0.6 is 0 Å². The molecule has 0 atom stereocenters. The van der Waals surface area contributed by atoms with Crippen molar-refractivity contribution in [1.29, 1.82) is 0 Å². The van der Waals surface area contributed by atoms with Crippen LogP contribution in [-0.4, -0.2) is 67.2 Å². The van der Waals surface area contributed by atoms with Crippen LogP contribution in [0, 0.1) is 5.92 Å². The maximum atomic E-state index is 12.6. The Morgan fingerprint density at radius 2 is 1.92 bits per heavy atom. The second-order valence-electron chi connectivity index (χ2n) is 6.79. The number of hydrogen-bond donors (Lipinski definition) is 1. The molecular weight excluding hydrogens is 306 g/mol. The van der Waals surface area contributed by atoms with Crippen LogP contribution in [0.1, 0.15) is 25.7 Å². The molecule has 7 heteroatoms. The molecule has 2 saturated heterocycles.